The van der Waals surface area contributed by atoms with Crippen LogP contribution in [0.5, 0.6) is 0 Å². The minimum absolute atomic E-state index is 0.103. The van der Waals surface area contributed by atoms with E-state index in [0.29, 0.717) is 15.3 Å². The van der Waals surface area contributed by atoms with E-state index in [0.717, 1.165) is 0 Å². The van der Waals surface area contributed by atoms with Crippen LogP contribution in [-0.4, -0.2) is 25.2 Å². The van der Waals surface area contributed by atoms with Crippen LogP contribution < -0.4 is 10.9 Å². The molecule has 33 heavy (non-hydrogen) atoms. The van der Waals surface area contributed by atoms with Crippen LogP contribution in [0, 0.1) is 6.92 Å². The molecule has 1 N–H and O–H groups in total. The number of nitrogens with one attached hydrogen (secondary N) is 1. The lowest BCUT2D eigenvalue weighted by atomic mass is 10.2. The van der Waals surface area contributed by atoms with Gasteiger partial charge in [-0.15, -0.1) is 0 Å². The normalized spacial score (nSPS) is 12.7. The van der Waals surface area contributed by atoms with E-state index in [-0.39, 0.29) is 22.4 Å². The number of fused-ring (bicyclic) bond motifs is 1. The fourth-order valence-corrected chi connectivity index (χ4v) is 3.67. The Balaban J connectivity index is 1.89. The summed E-state index contributed by atoms with van der Waals surface area (Å²) < 4.78 is 43.5. The third-order valence-corrected chi connectivity index (χ3v) is 5.26. The molecule has 2 heterocycles. The molecule has 2 aromatic heterocycles. The summed E-state index contributed by atoms with van der Waals surface area (Å²) in [5.41, 5.74) is -0.338. The van der Waals surface area contributed by atoms with Gasteiger partial charge in [0.05, 0.1) is 11.4 Å². The Morgan fingerprint density at radius 2 is 1.82 bits per heavy atom. The molecule has 0 spiro atoms. The molecule has 0 aliphatic carbocycles. The number of benzene rings is 2. The Morgan fingerprint density at radius 1 is 1.12 bits per heavy atom. The van der Waals surface area contributed by atoms with E-state index < -0.39 is 29.5 Å². The van der Waals surface area contributed by atoms with E-state index in [2.05, 4.69) is 15.4 Å². The summed E-state index contributed by atoms with van der Waals surface area (Å²) in [6.07, 6.45) is -5.00. The smallest absolute Gasteiger partial charge is 0.324 e. The highest BCUT2D eigenvalue weighted by atomic mass is 35.5. The molecule has 0 bridgehead atoms. The van der Waals surface area contributed by atoms with E-state index in [9.17, 15) is 22.8 Å². The van der Waals surface area contributed by atoms with E-state index in [1.807, 2.05) is 0 Å². The van der Waals surface area contributed by atoms with Gasteiger partial charge in [-0.05, 0) is 44.2 Å². The molecule has 1 amide bonds. The number of rotatable bonds is 4. The number of hydrogen-bond donors (Lipinski definition) is 1. The molecule has 0 fully saturated rings. The zero-order valence-corrected chi connectivity index (χ0v) is 18.1. The molecule has 0 saturated carbocycles. The molecule has 0 unspecified atom stereocenters. The van der Waals surface area contributed by atoms with Gasteiger partial charge in [0.1, 0.15) is 11.4 Å². The van der Waals surface area contributed by atoms with Gasteiger partial charge >= 0.3 is 6.18 Å². The van der Waals surface area contributed by atoms with Crippen LogP contribution in [0.15, 0.2) is 59.4 Å². The number of anilines is 1. The Labute approximate surface area is 190 Å². The Kier molecular flexibility index (Phi) is 5.71. The Hall–Kier alpha value is -3.66. The SMILES string of the molecule is Cc1nn(-c2ccccc2)c2nc(C(F)(F)F)n([C@H](C)C(=O)Nc3cccc(Cl)c3)c(=O)c12. The summed E-state index contributed by atoms with van der Waals surface area (Å²) in [6.45, 7) is 2.69. The number of carbonyl (C=O) groups is 1. The van der Waals surface area contributed by atoms with Crippen LogP contribution in [-0.2, 0) is 11.0 Å². The highest BCUT2D eigenvalue weighted by Gasteiger charge is 2.40. The first-order valence-corrected chi connectivity index (χ1v) is 10.2. The summed E-state index contributed by atoms with van der Waals surface area (Å²) in [4.78, 5) is 29.8. The van der Waals surface area contributed by atoms with E-state index in [4.69, 9.17) is 11.6 Å². The Bertz CT molecular complexity index is 1410. The second kappa shape index (κ2) is 8.36. The van der Waals surface area contributed by atoms with Gasteiger partial charge in [0.25, 0.3) is 5.56 Å². The molecule has 4 aromatic rings. The summed E-state index contributed by atoms with van der Waals surface area (Å²) >= 11 is 5.90. The molecule has 0 radical (unpaired) electrons. The molecule has 11 heteroatoms. The van der Waals surface area contributed by atoms with Crippen molar-refractivity contribution in [1.29, 1.82) is 0 Å². The second-order valence-electron chi connectivity index (χ2n) is 7.32. The first kappa shape index (κ1) is 22.5. The zero-order valence-electron chi connectivity index (χ0n) is 17.4. The predicted molar refractivity (Wildman–Crippen MR) is 118 cm³/mol. The third-order valence-electron chi connectivity index (χ3n) is 5.02. The monoisotopic (exact) mass is 475 g/mol. The fourth-order valence-electron chi connectivity index (χ4n) is 3.48. The van der Waals surface area contributed by atoms with Gasteiger partial charge in [-0.2, -0.15) is 18.3 Å². The molecule has 7 nitrogen and oxygen atoms in total. The van der Waals surface area contributed by atoms with Gasteiger partial charge in [0.2, 0.25) is 11.7 Å². The first-order valence-electron chi connectivity index (χ1n) is 9.79. The van der Waals surface area contributed by atoms with Gasteiger partial charge in [-0.1, -0.05) is 35.9 Å². The number of aromatic nitrogens is 4. The summed E-state index contributed by atoms with van der Waals surface area (Å²) in [5.74, 6) is -2.33. The van der Waals surface area contributed by atoms with Crippen molar-refractivity contribution >= 4 is 34.2 Å². The molecular weight excluding hydrogens is 459 g/mol. The average molecular weight is 476 g/mol. The maximum atomic E-state index is 14.0. The molecular formula is C22H17ClF3N5O2. The van der Waals surface area contributed by atoms with Gasteiger partial charge < -0.3 is 5.32 Å². The highest BCUT2D eigenvalue weighted by Crippen LogP contribution is 2.31. The standard InChI is InChI=1S/C22H17ClF3N5O2/c1-12-17-18(31(29-12)16-9-4-3-5-10-16)28-21(22(24,25)26)30(20(17)33)13(2)19(32)27-15-8-6-7-14(23)11-15/h3-11,13H,1-2H3,(H,27,32)/t13-/m1/s1. The predicted octanol–water partition coefficient (Wildman–Crippen LogP) is 4.76. The lowest BCUT2D eigenvalue weighted by molar-refractivity contribution is -0.149. The van der Waals surface area contributed by atoms with Crippen LogP contribution in [0.2, 0.25) is 5.02 Å². The van der Waals surface area contributed by atoms with E-state index >= 15 is 0 Å². The molecule has 4 rings (SSSR count). The molecule has 0 saturated heterocycles. The van der Waals surface area contributed by atoms with Gasteiger partial charge in [-0.25, -0.2) is 9.67 Å². The molecule has 170 valence electrons. The number of alkyl halides is 3. The average Bonchev–Trinajstić information content (AvgIpc) is 3.10. The van der Waals surface area contributed by atoms with Crippen LogP contribution in [0.25, 0.3) is 16.7 Å². The highest BCUT2D eigenvalue weighted by molar-refractivity contribution is 6.30. The molecule has 0 aliphatic rings. The molecule has 0 aliphatic heterocycles. The van der Waals surface area contributed by atoms with Crippen molar-refractivity contribution in [1.82, 2.24) is 19.3 Å². The van der Waals surface area contributed by atoms with Crippen molar-refractivity contribution in [3.8, 4) is 5.69 Å². The number of para-hydroxylation sites is 1. The van der Waals surface area contributed by atoms with Crippen LogP contribution >= 0.6 is 11.6 Å². The maximum Gasteiger partial charge on any atom is 0.449 e. The van der Waals surface area contributed by atoms with Crippen molar-refractivity contribution in [2.24, 2.45) is 0 Å². The minimum atomic E-state index is -5.00. The van der Waals surface area contributed by atoms with Crippen molar-refractivity contribution < 1.29 is 18.0 Å². The van der Waals surface area contributed by atoms with Crippen LogP contribution in [0.4, 0.5) is 18.9 Å². The van der Waals surface area contributed by atoms with Crippen LogP contribution in [0.3, 0.4) is 0 Å². The number of halogens is 4. The van der Waals surface area contributed by atoms with Crippen molar-refractivity contribution in [3.63, 3.8) is 0 Å². The number of carbonyl (C=O) groups excluding carboxylic acids is 1. The van der Waals surface area contributed by atoms with Gasteiger partial charge in [0.15, 0.2) is 5.65 Å². The lowest BCUT2D eigenvalue weighted by Crippen LogP contribution is -2.37. The second-order valence-corrected chi connectivity index (χ2v) is 7.75. The van der Waals surface area contributed by atoms with Gasteiger partial charge in [0, 0.05) is 10.7 Å². The van der Waals surface area contributed by atoms with E-state index in [1.165, 1.54) is 30.7 Å². The molecule has 2 aromatic carbocycles. The molecule has 1 atom stereocenters. The maximum absolute atomic E-state index is 14.0. The number of aryl methyl sites for hydroxylation is 1. The Morgan fingerprint density at radius 3 is 2.45 bits per heavy atom. The summed E-state index contributed by atoms with van der Waals surface area (Å²) in [7, 11) is 0. The first-order chi connectivity index (χ1) is 15.6. The third kappa shape index (κ3) is 4.21. The fraction of sp³-hybridized carbons (Fsp3) is 0.182. The number of amides is 1. The van der Waals surface area contributed by atoms with Gasteiger partial charge in [-0.3, -0.25) is 14.2 Å². The largest absolute Gasteiger partial charge is 0.449 e. The lowest BCUT2D eigenvalue weighted by Gasteiger charge is -2.20. The topological polar surface area (TPSA) is 81.8 Å². The summed E-state index contributed by atoms with van der Waals surface area (Å²) in [6, 6.07) is 13.0. The minimum Gasteiger partial charge on any atom is -0.324 e. The van der Waals surface area contributed by atoms with E-state index in [1.54, 1.807) is 42.5 Å². The summed E-state index contributed by atoms with van der Waals surface area (Å²) in [5, 5.41) is 6.94. The van der Waals surface area contributed by atoms with Crippen LogP contribution in [0.1, 0.15) is 24.5 Å². The number of hydrogen-bond acceptors (Lipinski definition) is 4. The van der Waals surface area contributed by atoms with Crippen molar-refractivity contribution in [2.45, 2.75) is 26.1 Å². The quantitative estimate of drug-likeness (QED) is 0.461. The number of nitrogens with zero attached hydrogens (tertiary/aromatic N) is 4. The van der Waals surface area contributed by atoms with Crippen molar-refractivity contribution in [3.05, 3.63) is 81.5 Å². The van der Waals surface area contributed by atoms with Crippen molar-refractivity contribution in [2.75, 3.05) is 5.32 Å². The zero-order chi connectivity index (χ0) is 23.9.